The lowest BCUT2D eigenvalue weighted by Crippen LogP contribution is -2.38. The highest BCUT2D eigenvalue weighted by atomic mass is 127. The first-order chi connectivity index (χ1) is 9.41. The first-order valence-corrected chi connectivity index (χ1v) is 8.09. The number of nitrogens with two attached hydrogens (primary N) is 1. The summed E-state index contributed by atoms with van der Waals surface area (Å²) in [6.45, 7) is 12.4. The number of guanidine groups is 1. The van der Waals surface area contributed by atoms with Gasteiger partial charge in [0.1, 0.15) is 0 Å². The topological polar surface area (TPSA) is 59.6 Å². The molecule has 0 aliphatic heterocycles. The van der Waals surface area contributed by atoms with Gasteiger partial charge in [-0.15, -0.1) is 24.0 Å². The number of aliphatic imine (C=N–C) groups is 1. The van der Waals surface area contributed by atoms with Gasteiger partial charge >= 0.3 is 0 Å². The van der Waals surface area contributed by atoms with Gasteiger partial charge in [-0.1, -0.05) is 26.7 Å². The molecule has 0 amide bonds. The van der Waals surface area contributed by atoms with Crippen molar-refractivity contribution < 1.29 is 4.74 Å². The predicted octanol–water partition coefficient (Wildman–Crippen LogP) is 3.93. The van der Waals surface area contributed by atoms with E-state index >= 15 is 0 Å². The molecule has 0 radical (unpaired) electrons. The molecule has 0 aromatic heterocycles. The Morgan fingerprint density at radius 3 is 2.29 bits per heavy atom. The van der Waals surface area contributed by atoms with E-state index in [2.05, 4.69) is 44.9 Å². The highest BCUT2D eigenvalue weighted by Crippen LogP contribution is 2.07. The third kappa shape index (κ3) is 17.9. The lowest BCUT2D eigenvalue weighted by Gasteiger charge is -2.15. The van der Waals surface area contributed by atoms with Crippen LogP contribution in [0, 0.1) is 5.92 Å². The van der Waals surface area contributed by atoms with Crippen LogP contribution in [0.5, 0.6) is 0 Å². The molecule has 0 saturated carbocycles. The molecule has 0 saturated heterocycles. The Morgan fingerprint density at radius 2 is 1.71 bits per heavy atom. The van der Waals surface area contributed by atoms with Gasteiger partial charge in [0, 0.05) is 19.2 Å². The van der Waals surface area contributed by atoms with Gasteiger partial charge in [0.25, 0.3) is 0 Å². The van der Waals surface area contributed by atoms with E-state index in [1.807, 2.05) is 0 Å². The Labute approximate surface area is 148 Å². The molecular weight excluding hydrogens is 377 g/mol. The summed E-state index contributed by atoms with van der Waals surface area (Å²) in [5.41, 5.74) is 5.88. The standard InChI is InChI=1S/C16H35N3O.HI/c1-13(2)9-8-10-15(5)19-16(17)18-11-6-7-12-20-14(3)4;/h13-15H,6-12H2,1-5H3,(H3,17,18,19);1H. The summed E-state index contributed by atoms with van der Waals surface area (Å²) in [4.78, 5) is 4.35. The Morgan fingerprint density at radius 1 is 1.05 bits per heavy atom. The molecule has 0 heterocycles. The van der Waals surface area contributed by atoms with Gasteiger partial charge in [-0.3, -0.25) is 4.99 Å². The summed E-state index contributed by atoms with van der Waals surface area (Å²) in [6, 6.07) is 0.404. The molecule has 5 heteroatoms. The van der Waals surface area contributed by atoms with E-state index in [-0.39, 0.29) is 24.0 Å². The van der Waals surface area contributed by atoms with Crippen molar-refractivity contribution in [3.8, 4) is 0 Å². The molecule has 128 valence electrons. The Bertz CT molecular complexity index is 258. The van der Waals surface area contributed by atoms with Crippen molar-refractivity contribution in [2.75, 3.05) is 13.2 Å². The van der Waals surface area contributed by atoms with E-state index in [4.69, 9.17) is 10.5 Å². The van der Waals surface area contributed by atoms with Crippen molar-refractivity contribution in [2.24, 2.45) is 16.6 Å². The monoisotopic (exact) mass is 413 g/mol. The summed E-state index contributed by atoms with van der Waals surface area (Å²) in [7, 11) is 0. The molecule has 21 heavy (non-hydrogen) atoms. The van der Waals surface area contributed by atoms with Crippen LogP contribution in [0.4, 0.5) is 0 Å². The second kappa shape index (κ2) is 14.9. The number of rotatable bonds is 11. The molecule has 1 atom stereocenters. The zero-order valence-corrected chi connectivity index (χ0v) is 16.9. The molecule has 0 spiro atoms. The van der Waals surface area contributed by atoms with Crippen LogP contribution in [0.15, 0.2) is 4.99 Å². The SMILES string of the molecule is CC(C)CCCC(C)NC(N)=NCCCCOC(C)C.I. The van der Waals surface area contributed by atoms with E-state index in [1.54, 1.807) is 0 Å². The minimum atomic E-state index is 0. The van der Waals surface area contributed by atoms with Crippen LogP contribution in [-0.2, 0) is 4.74 Å². The number of nitrogens with zero attached hydrogens (tertiary/aromatic N) is 1. The number of ether oxygens (including phenoxy) is 1. The quantitative estimate of drug-likeness (QED) is 0.234. The normalized spacial score (nSPS) is 13.4. The summed E-state index contributed by atoms with van der Waals surface area (Å²) in [5, 5.41) is 3.26. The molecule has 0 rings (SSSR count). The van der Waals surface area contributed by atoms with Crippen molar-refractivity contribution in [3.63, 3.8) is 0 Å². The summed E-state index contributed by atoms with van der Waals surface area (Å²) < 4.78 is 5.48. The van der Waals surface area contributed by atoms with Crippen molar-refractivity contribution in [2.45, 2.75) is 78.9 Å². The summed E-state index contributed by atoms with van der Waals surface area (Å²) in [5.74, 6) is 1.35. The average molecular weight is 413 g/mol. The van der Waals surface area contributed by atoms with Crippen molar-refractivity contribution >= 4 is 29.9 Å². The molecule has 3 N–H and O–H groups in total. The summed E-state index contributed by atoms with van der Waals surface area (Å²) in [6.07, 6.45) is 6.05. The third-order valence-corrected chi connectivity index (χ3v) is 3.10. The number of unbranched alkanes of at least 4 members (excludes halogenated alkanes) is 1. The van der Waals surface area contributed by atoms with Crippen molar-refractivity contribution in [1.29, 1.82) is 0 Å². The third-order valence-electron chi connectivity index (χ3n) is 3.10. The fourth-order valence-corrected chi connectivity index (χ4v) is 1.93. The smallest absolute Gasteiger partial charge is 0.188 e. The van der Waals surface area contributed by atoms with E-state index in [0.717, 1.165) is 38.3 Å². The molecule has 1 unspecified atom stereocenters. The first-order valence-electron chi connectivity index (χ1n) is 8.09. The van der Waals surface area contributed by atoms with E-state index in [9.17, 15) is 0 Å². The minimum Gasteiger partial charge on any atom is -0.379 e. The zero-order valence-electron chi connectivity index (χ0n) is 14.5. The fourth-order valence-electron chi connectivity index (χ4n) is 1.93. The molecule has 0 fully saturated rings. The molecule has 0 aromatic carbocycles. The van der Waals surface area contributed by atoms with Gasteiger partial charge in [0.05, 0.1) is 6.10 Å². The van der Waals surface area contributed by atoms with Crippen LogP contribution in [0.25, 0.3) is 0 Å². The van der Waals surface area contributed by atoms with E-state index < -0.39 is 0 Å². The van der Waals surface area contributed by atoms with Crippen LogP contribution in [-0.4, -0.2) is 31.3 Å². The van der Waals surface area contributed by atoms with Crippen LogP contribution in [0.2, 0.25) is 0 Å². The number of nitrogens with one attached hydrogen (secondary N) is 1. The van der Waals surface area contributed by atoms with Crippen LogP contribution in [0.1, 0.15) is 66.7 Å². The fraction of sp³-hybridized carbons (Fsp3) is 0.938. The largest absolute Gasteiger partial charge is 0.379 e. The highest BCUT2D eigenvalue weighted by Gasteiger charge is 2.03. The number of hydrogen-bond acceptors (Lipinski definition) is 2. The Kier molecular flexibility index (Phi) is 16.5. The van der Waals surface area contributed by atoms with Gasteiger partial charge < -0.3 is 15.8 Å². The highest BCUT2D eigenvalue weighted by molar-refractivity contribution is 14.0. The average Bonchev–Trinajstić information content (AvgIpc) is 2.32. The molecule has 0 bridgehead atoms. The van der Waals surface area contributed by atoms with Crippen LogP contribution in [0.3, 0.4) is 0 Å². The predicted molar refractivity (Wildman–Crippen MR) is 104 cm³/mol. The Hall–Kier alpha value is -0.0400. The molecular formula is C16H36IN3O. The molecule has 0 aromatic rings. The minimum absolute atomic E-state index is 0. The van der Waals surface area contributed by atoms with Crippen molar-refractivity contribution in [3.05, 3.63) is 0 Å². The van der Waals surface area contributed by atoms with E-state index in [1.165, 1.54) is 12.8 Å². The maximum Gasteiger partial charge on any atom is 0.188 e. The van der Waals surface area contributed by atoms with Crippen molar-refractivity contribution in [1.82, 2.24) is 5.32 Å². The Balaban J connectivity index is 0. The first kappa shape index (κ1) is 23.2. The van der Waals surface area contributed by atoms with E-state index in [0.29, 0.717) is 18.1 Å². The zero-order chi connectivity index (χ0) is 15.4. The molecule has 0 aliphatic carbocycles. The second-order valence-corrected chi connectivity index (χ2v) is 6.26. The van der Waals surface area contributed by atoms with Gasteiger partial charge in [0.15, 0.2) is 5.96 Å². The maximum atomic E-state index is 5.88. The molecule has 0 aliphatic rings. The lowest BCUT2D eigenvalue weighted by molar-refractivity contribution is 0.0764. The van der Waals surface area contributed by atoms with Gasteiger partial charge in [-0.05, 0) is 46.0 Å². The van der Waals surface area contributed by atoms with Gasteiger partial charge in [0.2, 0.25) is 0 Å². The van der Waals surface area contributed by atoms with Gasteiger partial charge in [-0.2, -0.15) is 0 Å². The maximum absolute atomic E-state index is 5.88. The van der Waals surface area contributed by atoms with Crippen LogP contribution < -0.4 is 11.1 Å². The van der Waals surface area contributed by atoms with Crippen LogP contribution >= 0.6 is 24.0 Å². The molecule has 4 nitrogen and oxygen atoms in total. The van der Waals surface area contributed by atoms with Gasteiger partial charge in [-0.25, -0.2) is 0 Å². The summed E-state index contributed by atoms with van der Waals surface area (Å²) >= 11 is 0. The number of halogens is 1. The number of hydrogen-bond donors (Lipinski definition) is 2. The lowest BCUT2D eigenvalue weighted by atomic mass is 10.0. The second-order valence-electron chi connectivity index (χ2n) is 6.26.